The molecule has 1 saturated heterocycles. The molecule has 2 N–H and O–H groups in total. The number of carbonyl (C=O) groups is 1. The highest BCUT2D eigenvalue weighted by atomic mass is 16.6. The molecular weight excluding hydrogens is 232 g/mol. The van der Waals surface area contributed by atoms with Crippen LogP contribution in [0.15, 0.2) is 0 Å². The minimum atomic E-state index is -0.469. The summed E-state index contributed by atoms with van der Waals surface area (Å²) < 4.78 is 11.0. The van der Waals surface area contributed by atoms with Crippen molar-refractivity contribution in [1.29, 1.82) is 0 Å². The van der Waals surface area contributed by atoms with Gasteiger partial charge in [-0.05, 0) is 41.0 Å². The molecule has 1 unspecified atom stereocenters. The third kappa shape index (κ3) is 4.14. The Hall–Kier alpha value is -0.810. The van der Waals surface area contributed by atoms with Crippen LogP contribution in [0.25, 0.3) is 0 Å². The van der Waals surface area contributed by atoms with Gasteiger partial charge in [0.25, 0.3) is 0 Å². The average molecular weight is 258 g/mol. The maximum atomic E-state index is 12.1. The molecule has 1 aliphatic rings. The molecule has 18 heavy (non-hydrogen) atoms. The molecule has 0 aromatic rings. The topological polar surface area (TPSA) is 64.8 Å². The maximum absolute atomic E-state index is 12.1. The molecule has 0 spiro atoms. The molecule has 5 heteroatoms. The Kier molecular flexibility index (Phi) is 4.61. The summed E-state index contributed by atoms with van der Waals surface area (Å²) in [5, 5.41) is 0. The van der Waals surface area contributed by atoms with Crippen molar-refractivity contribution >= 4 is 6.09 Å². The Balaban J connectivity index is 2.62. The fourth-order valence-electron chi connectivity index (χ4n) is 2.17. The third-order valence-electron chi connectivity index (χ3n) is 2.93. The Morgan fingerprint density at radius 1 is 1.44 bits per heavy atom. The number of rotatable bonds is 3. The van der Waals surface area contributed by atoms with Gasteiger partial charge in [0.15, 0.2) is 0 Å². The van der Waals surface area contributed by atoms with E-state index in [4.69, 9.17) is 15.2 Å². The molecule has 106 valence electrons. The van der Waals surface area contributed by atoms with Crippen LogP contribution in [0.3, 0.4) is 0 Å². The summed E-state index contributed by atoms with van der Waals surface area (Å²) in [6, 6.07) is 0. The number of ether oxygens (including phenoxy) is 2. The summed E-state index contributed by atoms with van der Waals surface area (Å²) in [7, 11) is 0. The first-order valence-corrected chi connectivity index (χ1v) is 6.48. The minimum Gasteiger partial charge on any atom is -0.444 e. The van der Waals surface area contributed by atoms with Gasteiger partial charge in [-0.1, -0.05) is 0 Å². The van der Waals surface area contributed by atoms with Crippen LogP contribution >= 0.6 is 0 Å². The van der Waals surface area contributed by atoms with Crippen LogP contribution in [0.2, 0.25) is 0 Å². The molecule has 0 aromatic heterocycles. The second-order valence-electron chi connectivity index (χ2n) is 6.39. The molecule has 1 rings (SSSR count). The van der Waals surface area contributed by atoms with Gasteiger partial charge in [0.2, 0.25) is 0 Å². The predicted molar refractivity (Wildman–Crippen MR) is 70.4 cm³/mol. The van der Waals surface area contributed by atoms with E-state index < -0.39 is 5.60 Å². The average Bonchev–Trinajstić information content (AvgIpc) is 2.48. The Bertz CT molecular complexity index is 297. The van der Waals surface area contributed by atoms with E-state index >= 15 is 0 Å². The summed E-state index contributed by atoms with van der Waals surface area (Å²) in [6.45, 7) is 11.3. The van der Waals surface area contributed by atoms with Gasteiger partial charge in [-0.2, -0.15) is 0 Å². The van der Waals surface area contributed by atoms with Crippen molar-refractivity contribution in [3.05, 3.63) is 0 Å². The number of amides is 1. The minimum absolute atomic E-state index is 0.0519. The lowest BCUT2D eigenvalue weighted by Gasteiger charge is -2.33. The fourth-order valence-corrected chi connectivity index (χ4v) is 2.17. The van der Waals surface area contributed by atoms with Crippen molar-refractivity contribution in [3.8, 4) is 0 Å². The zero-order chi connectivity index (χ0) is 14.0. The molecule has 1 heterocycles. The summed E-state index contributed by atoms with van der Waals surface area (Å²) >= 11 is 0. The molecule has 0 aromatic carbocycles. The van der Waals surface area contributed by atoms with Crippen LogP contribution in [0, 0.1) is 0 Å². The van der Waals surface area contributed by atoms with Crippen molar-refractivity contribution in [3.63, 3.8) is 0 Å². The highest BCUT2D eigenvalue weighted by Gasteiger charge is 2.43. The van der Waals surface area contributed by atoms with Crippen LogP contribution < -0.4 is 5.73 Å². The first-order chi connectivity index (χ1) is 8.15. The Morgan fingerprint density at radius 2 is 2.06 bits per heavy atom. The predicted octanol–water partition coefficient (Wildman–Crippen LogP) is 1.75. The van der Waals surface area contributed by atoms with E-state index in [2.05, 4.69) is 0 Å². The van der Waals surface area contributed by atoms with E-state index in [1.165, 1.54) is 0 Å². The van der Waals surface area contributed by atoms with E-state index in [9.17, 15) is 4.79 Å². The first kappa shape index (κ1) is 15.2. The van der Waals surface area contributed by atoms with E-state index in [0.29, 0.717) is 19.7 Å². The number of hydrogen-bond acceptors (Lipinski definition) is 4. The lowest BCUT2D eigenvalue weighted by atomic mass is 10.0. The lowest BCUT2D eigenvalue weighted by molar-refractivity contribution is 0.0105. The third-order valence-corrected chi connectivity index (χ3v) is 2.93. The first-order valence-electron chi connectivity index (χ1n) is 6.48. The second kappa shape index (κ2) is 5.45. The molecule has 1 fully saturated rings. The van der Waals surface area contributed by atoms with Gasteiger partial charge < -0.3 is 20.1 Å². The molecule has 0 radical (unpaired) electrons. The molecule has 5 nitrogen and oxygen atoms in total. The van der Waals surface area contributed by atoms with Crippen molar-refractivity contribution in [2.75, 3.05) is 19.7 Å². The number of nitrogens with zero attached hydrogens (tertiary/aromatic N) is 1. The van der Waals surface area contributed by atoms with E-state index in [1.54, 1.807) is 4.90 Å². The van der Waals surface area contributed by atoms with Crippen molar-refractivity contribution in [2.45, 2.75) is 58.3 Å². The van der Waals surface area contributed by atoms with Gasteiger partial charge in [0.1, 0.15) is 5.60 Å². The van der Waals surface area contributed by atoms with Gasteiger partial charge in [0, 0.05) is 12.1 Å². The second-order valence-corrected chi connectivity index (χ2v) is 6.39. The summed E-state index contributed by atoms with van der Waals surface area (Å²) in [4.78, 5) is 13.9. The van der Waals surface area contributed by atoms with Crippen LogP contribution in [0.4, 0.5) is 4.79 Å². The molecule has 1 atom stereocenters. The zero-order valence-electron chi connectivity index (χ0n) is 12.2. The maximum Gasteiger partial charge on any atom is 0.410 e. The molecule has 0 bridgehead atoms. The van der Waals surface area contributed by atoms with E-state index in [1.807, 2.05) is 34.6 Å². The van der Waals surface area contributed by atoms with Crippen LogP contribution in [0.5, 0.6) is 0 Å². The SMILES string of the molecule is CC(C)(C)OC(=O)N1CC(OCCN)CC1(C)C. The van der Waals surface area contributed by atoms with E-state index in [-0.39, 0.29) is 17.7 Å². The lowest BCUT2D eigenvalue weighted by Crippen LogP contribution is -2.45. The number of likely N-dealkylation sites (tertiary alicyclic amines) is 1. The van der Waals surface area contributed by atoms with E-state index in [0.717, 1.165) is 6.42 Å². The molecule has 1 aliphatic heterocycles. The number of hydrogen-bond donors (Lipinski definition) is 1. The summed E-state index contributed by atoms with van der Waals surface area (Å²) in [6.07, 6.45) is 0.592. The molecule has 1 amide bonds. The molecule has 0 saturated carbocycles. The number of nitrogens with two attached hydrogens (primary N) is 1. The van der Waals surface area contributed by atoms with Gasteiger partial charge in [-0.15, -0.1) is 0 Å². The quantitative estimate of drug-likeness (QED) is 0.837. The normalized spacial score (nSPS) is 23.2. The molecular formula is C13H26N2O3. The van der Waals surface area contributed by atoms with Gasteiger partial charge in [-0.3, -0.25) is 0 Å². The van der Waals surface area contributed by atoms with Crippen LogP contribution in [0.1, 0.15) is 41.0 Å². The largest absolute Gasteiger partial charge is 0.444 e. The van der Waals surface area contributed by atoms with Crippen LogP contribution in [-0.4, -0.2) is 47.9 Å². The van der Waals surface area contributed by atoms with Crippen LogP contribution in [-0.2, 0) is 9.47 Å². The monoisotopic (exact) mass is 258 g/mol. The highest BCUT2D eigenvalue weighted by Crippen LogP contribution is 2.31. The van der Waals surface area contributed by atoms with Crippen molar-refractivity contribution in [2.24, 2.45) is 5.73 Å². The van der Waals surface area contributed by atoms with Crippen molar-refractivity contribution in [1.82, 2.24) is 4.90 Å². The van der Waals surface area contributed by atoms with Crippen molar-refractivity contribution < 1.29 is 14.3 Å². The Morgan fingerprint density at radius 3 is 2.56 bits per heavy atom. The van der Waals surface area contributed by atoms with Gasteiger partial charge >= 0.3 is 6.09 Å². The highest BCUT2D eigenvalue weighted by molar-refractivity contribution is 5.69. The standard InChI is InChI=1S/C13H26N2O3/c1-12(2,3)18-11(16)15-9-10(17-7-6-14)8-13(15,4)5/h10H,6-9,14H2,1-5H3. The zero-order valence-corrected chi connectivity index (χ0v) is 12.2. The van der Waals surface area contributed by atoms with Gasteiger partial charge in [0.05, 0.1) is 19.3 Å². The summed E-state index contributed by atoms with van der Waals surface area (Å²) in [5.41, 5.74) is 4.72. The smallest absolute Gasteiger partial charge is 0.410 e. The summed E-state index contributed by atoms with van der Waals surface area (Å²) in [5.74, 6) is 0. The fraction of sp³-hybridized carbons (Fsp3) is 0.923. The molecule has 0 aliphatic carbocycles. The Labute approximate surface area is 110 Å². The number of carbonyl (C=O) groups excluding carboxylic acids is 1. The van der Waals surface area contributed by atoms with Gasteiger partial charge in [-0.25, -0.2) is 4.79 Å².